The summed E-state index contributed by atoms with van der Waals surface area (Å²) in [6.07, 6.45) is 1.63. The van der Waals surface area contributed by atoms with Crippen LogP contribution in [0.25, 0.3) is 0 Å². The molecule has 1 aromatic rings. The fourth-order valence-corrected chi connectivity index (χ4v) is 2.58. The van der Waals surface area contributed by atoms with Crippen LogP contribution in [0.1, 0.15) is 23.3 Å². The Morgan fingerprint density at radius 1 is 1.56 bits per heavy atom. The molecule has 0 saturated carbocycles. The van der Waals surface area contributed by atoms with Crippen LogP contribution in [0.2, 0.25) is 0 Å². The van der Waals surface area contributed by atoms with Gasteiger partial charge in [0.25, 0.3) is 0 Å². The Kier molecular flexibility index (Phi) is 5.69. The largest absolute Gasteiger partial charge is 0.395 e. The van der Waals surface area contributed by atoms with Gasteiger partial charge in [0.05, 0.1) is 26.4 Å². The zero-order chi connectivity index (χ0) is 12.6. The van der Waals surface area contributed by atoms with Crippen molar-refractivity contribution in [2.75, 3.05) is 26.4 Å². The lowest BCUT2D eigenvalue weighted by atomic mass is 10.1. The maximum Gasteiger partial charge on any atom is 0.0822 e. The van der Waals surface area contributed by atoms with Gasteiger partial charge in [-0.2, -0.15) is 0 Å². The van der Waals surface area contributed by atoms with Crippen LogP contribution in [0.3, 0.4) is 0 Å². The van der Waals surface area contributed by atoms with Crippen molar-refractivity contribution in [2.45, 2.75) is 19.4 Å². The minimum Gasteiger partial charge on any atom is -0.395 e. The third-order valence-corrected chi connectivity index (χ3v) is 3.71. The summed E-state index contributed by atoms with van der Waals surface area (Å²) in [4.78, 5) is 1.17. The highest BCUT2D eigenvalue weighted by atomic mass is 32.1. The Bertz CT molecular complexity index is 410. The Labute approximate surface area is 112 Å². The van der Waals surface area contributed by atoms with Gasteiger partial charge < -0.3 is 14.6 Å². The molecule has 0 aliphatic carbocycles. The fraction of sp³-hybridized carbons (Fsp3) is 0.571. The lowest BCUT2D eigenvalue weighted by Gasteiger charge is -2.07. The monoisotopic (exact) mass is 266 g/mol. The van der Waals surface area contributed by atoms with Gasteiger partial charge in [0.2, 0.25) is 0 Å². The van der Waals surface area contributed by atoms with Crippen LogP contribution in [0.4, 0.5) is 0 Å². The summed E-state index contributed by atoms with van der Waals surface area (Å²) in [5, 5.41) is 10.7. The Morgan fingerprint density at radius 2 is 2.50 bits per heavy atom. The molecule has 18 heavy (non-hydrogen) atoms. The van der Waals surface area contributed by atoms with Crippen molar-refractivity contribution in [3.63, 3.8) is 0 Å². The van der Waals surface area contributed by atoms with E-state index in [9.17, 15) is 0 Å². The van der Waals surface area contributed by atoms with Crippen LogP contribution in [-0.4, -0.2) is 31.5 Å². The van der Waals surface area contributed by atoms with Crippen LogP contribution >= 0.6 is 11.3 Å². The second kappa shape index (κ2) is 7.55. The molecule has 1 saturated heterocycles. The maximum absolute atomic E-state index is 8.69. The van der Waals surface area contributed by atoms with E-state index >= 15 is 0 Å². The molecule has 98 valence electrons. The minimum atomic E-state index is 0.116. The molecule has 0 radical (unpaired) electrons. The number of ether oxygens (including phenoxy) is 2. The van der Waals surface area contributed by atoms with Crippen molar-refractivity contribution in [3.05, 3.63) is 21.9 Å². The zero-order valence-electron chi connectivity index (χ0n) is 10.4. The van der Waals surface area contributed by atoms with E-state index < -0.39 is 0 Å². The van der Waals surface area contributed by atoms with Crippen molar-refractivity contribution in [1.82, 2.24) is 0 Å². The van der Waals surface area contributed by atoms with Gasteiger partial charge in [-0.1, -0.05) is 11.8 Å². The molecule has 1 aromatic heterocycles. The van der Waals surface area contributed by atoms with Gasteiger partial charge in [-0.25, -0.2) is 0 Å². The lowest BCUT2D eigenvalue weighted by Crippen LogP contribution is -2.08. The quantitative estimate of drug-likeness (QED) is 0.829. The number of hydrogen-bond acceptors (Lipinski definition) is 4. The van der Waals surface area contributed by atoms with Crippen LogP contribution < -0.4 is 0 Å². The van der Waals surface area contributed by atoms with Crippen molar-refractivity contribution >= 4 is 11.3 Å². The predicted molar refractivity (Wildman–Crippen MR) is 71.5 cm³/mol. The molecule has 0 amide bonds. The minimum absolute atomic E-state index is 0.116. The van der Waals surface area contributed by atoms with Gasteiger partial charge in [0, 0.05) is 29.4 Å². The smallest absolute Gasteiger partial charge is 0.0822 e. The summed E-state index contributed by atoms with van der Waals surface area (Å²) in [5.74, 6) is 6.56. The zero-order valence-corrected chi connectivity index (χ0v) is 11.2. The first-order valence-electron chi connectivity index (χ1n) is 6.21. The highest BCUT2D eigenvalue weighted by Crippen LogP contribution is 2.18. The first kappa shape index (κ1) is 13.6. The van der Waals surface area contributed by atoms with Crippen molar-refractivity contribution in [1.29, 1.82) is 0 Å². The first-order chi connectivity index (χ1) is 8.90. The summed E-state index contributed by atoms with van der Waals surface area (Å²) < 4.78 is 11.0. The molecule has 1 atom stereocenters. The molecule has 0 bridgehead atoms. The van der Waals surface area contributed by atoms with Gasteiger partial charge in [-0.05, 0) is 17.9 Å². The Hall–Kier alpha value is -0.860. The molecule has 4 heteroatoms. The third-order valence-electron chi connectivity index (χ3n) is 2.82. The van der Waals surface area contributed by atoms with Gasteiger partial charge >= 0.3 is 0 Å². The molecule has 1 fully saturated rings. The highest BCUT2D eigenvalue weighted by Gasteiger charge is 2.15. The van der Waals surface area contributed by atoms with E-state index in [0.717, 1.165) is 31.8 Å². The summed E-state index contributed by atoms with van der Waals surface area (Å²) in [5.41, 5.74) is 1.02. The predicted octanol–water partition coefficient (Wildman–Crippen LogP) is 2.04. The Morgan fingerprint density at radius 3 is 3.28 bits per heavy atom. The number of aliphatic hydroxyl groups excluding tert-OH is 1. The molecule has 1 unspecified atom stereocenters. The first-order valence-corrected chi connectivity index (χ1v) is 7.09. The Balaban J connectivity index is 1.78. The molecular weight excluding hydrogens is 248 g/mol. The molecule has 1 N–H and O–H groups in total. The van der Waals surface area contributed by atoms with Crippen LogP contribution in [0.15, 0.2) is 11.4 Å². The van der Waals surface area contributed by atoms with E-state index in [1.807, 2.05) is 11.4 Å². The van der Waals surface area contributed by atoms with Crippen LogP contribution in [-0.2, 0) is 16.1 Å². The summed E-state index contributed by atoms with van der Waals surface area (Å²) in [7, 11) is 0. The highest BCUT2D eigenvalue weighted by molar-refractivity contribution is 7.10. The number of aliphatic hydroxyl groups is 1. The molecular formula is C14H18O3S. The van der Waals surface area contributed by atoms with Crippen molar-refractivity contribution < 1.29 is 14.6 Å². The average molecular weight is 266 g/mol. The molecule has 2 heterocycles. The van der Waals surface area contributed by atoms with Gasteiger partial charge in [-0.3, -0.25) is 0 Å². The summed E-state index contributed by atoms with van der Waals surface area (Å²) in [6.45, 7) is 3.20. The molecule has 3 nitrogen and oxygen atoms in total. The van der Waals surface area contributed by atoms with E-state index in [-0.39, 0.29) is 6.61 Å². The SMILES string of the molecule is OCCC#Cc1ccsc1COCC1CCOC1. The third kappa shape index (κ3) is 4.11. The number of hydrogen-bond donors (Lipinski definition) is 1. The van der Waals surface area contributed by atoms with E-state index in [0.29, 0.717) is 18.9 Å². The molecule has 2 rings (SSSR count). The van der Waals surface area contributed by atoms with Crippen LogP contribution in [0.5, 0.6) is 0 Å². The molecule has 0 spiro atoms. The second-order valence-electron chi connectivity index (χ2n) is 4.28. The topological polar surface area (TPSA) is 38.7 Å². The summed E-state index contributed by atoms with van der Waals surface area (Å²) in [6, 6.07) is 2.01. The lowest BCUT2D eigenvalue weighted by molar-refractivity contribution is 0.0805. The van der Waals surface area contributed by atoms with Crippen molar-refractivity contribution in [2.24, 2.45) is 5.92 Å². The second-order valence-corrected chi connectivity index (χ2v) is 5.28. The summed E-state index contributed by atoms with van der Waals surface area (Å²) >= 11 is 1.67. The van der Waals surface area contributed by atoms with Crippen LogP contribution in [0, 0.1) is 17.8 Å². The van der Waals surface area contributed by atoms with Gasteiger partial charge in [-0.15, -0.1) is 11.3 Å². The molecule has 0 aromatic carbocycles. The molecule has 1 aliphatic rings. The van der Waals surface area contributed by atoms with Gasteiger partial charge in [0.15, 0.2) is 0 Å². The average Bonchev–Trinajstić information content (AvgIpc) is 3.02. The van der Waals surface area contributed by atoms with Gasteiger partial charge in [0.1, 0.15) is 0 Å². The van der Waals surface area contributed by atoms with E-state index in [1.54, 1.807) is 11.3 Å². The number of thiophene rings is 1. The number of rotatable bonds is 5. The maximum atomic E-state index is 8.69. The van der Waals surface area contributed by atoms with Crippen molar-refractivity contribution in [3.8, 4) is 11.8 Å². The fourth-order valence-electron chi connectivity index (χ4n) is 1.81. The van der Waals surface area contributed by atoms with E-state index in [2.05, 4.69) is 11.8 Å². The van der Waals surface area contributed by atoms with E-state index in [1.165, 1.54) is 4.88 Å². The standard InChI is InChI=1S/C14H18O3S/c15-6-2-1-3-13-5-8-18-14(13)11-17-10-12-4-7-16-9-12/h5,8,12,15H,2,4,6-7,9-11H2. The molecule has 1 aliphatic heterocycles. The normalized spacial score (nSPS) is 18.6. The van der Waals surface area contributed by atoms with E-state index in [4.69, 9.17) is 14.6 Å².